The molecule has 0 radical (unpaired) electrons. The van der Waals surface area contributed by atoms with Gasteiger partial charge in [0, 0.05) is 29.4 Å². The number of amides is 1. The van der Waals surface area contributed by atoms with Gasteiger partial charge in [0.05, 0.1) is 7.11 Å². The van der Waals surface area contributed by atoms with E-state index < -0.39 is 5.54 Å². The average molecular weight is 416 g/mol. The lowest BCUT2D eigenvalue weighted by atomic mass is 9.86. The second-order valence-electron chi connectivity index (χ2n) is 6.53. The summed E-state index contributed by atoms with van der Waals surface area (Å²) in [6.45, 7) is 0.335. The maximum atomic E-state index is 13.1. The second-order valence-corrected chi connectivity index (χ2v) is 7.18. The maximum Gasteiger partial charge on any atom is 0.337 e. The van der Waals surface area contributed by atoms with Gasteiger partial charge >= 0.3 is 5.97 Å². The number of carbonyl (C=O) groups excluding carboxylic acids is 2. The number of methoxy groups -OCH3 is 1. The molecule has 2 aliphatic rings. The Morgan fingerprint density at radius 1 is 1.19 bits per heavy atom. The number of cyclic esters (lactones) is 1. The van der Waals surface area contributed by atoms with Crippen molar-refractivity contribution in [1.82, 2.24) is 4.90 Å². The van der Waals surface area contributed by atoms with Crippen LogP contribution in [0, 0.1) is 0 Å². The number of ether oxygens (including phenoxy) is 2. The van der Waals surface area contributed by atoms with Crippen LogP contribution < -0.4 is 4.74 Å². The molecule has 2 atom stereocenters. The molecule has 1 saturated heterocycles. The minimum atomic E-state index is -1.05. The van der Waals surface area contributed by atoms with E-state index in [-0.39, 0.29) is 18.0 Å². The number of fused-ring (bicyclic) bond motifs is 2. The van der Waals surface area contributed by atoms with Gasteiger partial charge in [-0.3, -0.25) is 4.79 Å². The molecule has 1 fully saturated rings. The number of hydrogen-bond acceptors (Lipinski definition) is 4. The van der Waals surface area contributed by atoms with Gasteiger partial charge in [-0.1, -0.05) is 46.3 Å². The van der Waals surface area contributed by atoms with E-state index in [2.05, 4.69) is 15.9 Å². The number of carbonyl (C=O) groups is 2. The van der Waals surface area contributed by atoms with E-state index in [1.807, 2.05) is 42.5 Å². The molecule has 2 unspecified atom stereocenters. The van der Waals surface area contributed by atoms with Crippen LogP contribution in [0.15, 0.2) is 48.5 Å². The highest BCUT2D eigenvalue weighted by molar-refractivity contribution is 9.09. The summed E-state index contributed by atoms with van der Waals surface area (Å²) in [7, 11) is 1.61. The first-order valence-electron chi connectivity index (χ1n) is 8.41. The molecule has 26 heavy (non-hydrogen) atoms. The van der Waals surface area contributed by atoms with Crippen molar-refractivity contribution in [3.8, 4) is 5.75 Å². The van der Waals surface area contributed by atoms with Crippen LogP contribution >= 0.6 is 15.9 Å². The number of halogens is 1. The van der Waals surface area contributed by atoms with E-state index in [1.54, 1.807) is 18.1 Å². The van der Waals surface area contributed by atoms with Gasteiger partial charge in [-0.25, -0.2) is 4.79 Å². The van der Waals surface area contributed by atoms with E-state index in [1.165, 1.54) is 0 Å². The zero-order valence-electron chi connectivity index (χ0n) is 14.3. The molecule has 1 spiro atoms. The lowest BCUT2D eigenvalue weighted by molar-refractivity contribution is -0.149. The maximum absolute atomic E-state index is 13.1. The van der Waals surface area contributed by atoms with Crippen LogP contribution in [0.1, 0.15) is 27.9 Å². The Morgan fingerprint density at radius 3 is 2.58 bits per heavy atom. The first-order valence-corrected chi connectivity index (χ1v) is 9.53. The number of rotatable bonds is 4. The molecule has 134 valence electrons. The minimum absolute atomic E-state index is 0.136. The van der Waals surface area contributed by atoms with Crippen LogP contribution in [0.5, 0.6) is 5.75 Å². The fourth-order valence-corrected chi connectivity index (χ4v) is 4.21. The molecule has 2 aliphatic heterocycles. The standard InChI is InChI=1S/C20H18BrNO4/c1-25-14-8-6-13(7-9-14)12-22-18(23)16-4-2-3-5-17(16)20(22)10-15(11-21)26-19(20)24/h2-9,15H,10-12H2,1H3. The highest BCUT2D eigenvalue weighted by Gasteiger charge is 2.60. The quantitative estimate of drug-likeness (QED) is 0.567. The van der Waals surface area contributed by atoms with Crippen LogP contribution in [0.3, 0.4) is 0 Å². The van der Waals surface area contributed by atoms with Crippen molar-refractivity contribution >= 4 is 27.8 Å². The Hall–Kier alpha value is -2.34. The van der Waals surface area contributed by atoms with Crippen molar-refractivity contribution in [2.24, 2.45) is 0 Å². The normalized spacial score (nSPS) is 24.1. The van der Waals surface area contributed by atoms with E-state index in [0.29, 0.717) is 23.9 Å². The third-order valence-corrected chi connectivity index (χ3v) is 5.84. The predicted octanol–water partition coefficient (Wildman–Crippen LogP) is 3.26. The smallest absolute Gasteiger partial charge is 0.337 e. The molecule has 0 aliphatic carbocycles. The van der Waals surface area contributed by atoms with Crippen LogP contribution in [0.2, 0.25) is 0 Å². The zero-order chi connectivity index (χ0) is 18.3. The molecule has 4 rings (SSSR count). The van der Waals surface area contributed by atoms with Gasteiger partial charge in [-0.2, -0.15) is 0 Å². The van der Waals surface area contributed by atoms with Crippen LogP contribution in [-0.4, -0.2) is 35.3 Å². The van der Waals surface area contributed by atoms with Crippen molar-refractivity contribution in [2.45, 2.75) is 24.6 Å². The van der Waals surface area contributed by atoms with Gasteiger partial charge in [-0.15, -0.1) is 0 Å². The molecule has 2 heterocycles. The lowest BCUT2D eigenvalue weighted by Gasteiger charge is -2.32. The van der Waals surface area contributed by atoms with Crippen LogP contribution in [-0.2, 0) is 21.6 Å². The first-order chi connectivity index (χ1) is 12.6. The monoisotopic (exact) mass is 415 g/mol. The molecule has 6 heteroatoms. The van der Waals surface area contributed by atoms with E-state index in [0.717, 1.165) is 16.9 Å². The molecule has 1 amide bonds. The van der Waals surface area contributed by atoms with E-state index >= 15 is 0 Å². The molecule has 2 aromatic carbocycles. The molecular weight excluding hydrogens is 398 g/mol. The van der Waals surface area contributed by atoms with Gasteiger partial charge in [0.25, 0.3) is 5.91 Å². The van der Waals surface area contributed by atoms with Crippen LogP contribution in [0.4, 0.5) is 0 Å². The van der Waals surface area contributed by atoms with Crippen molar-refractivity contribution in [1.29, 1.82) is 0 Å². The number of alkyl halides is 1. The van der Waals surface area contributed by atoms with Crippen molar-refractivity contribution in [2.75, 3.05) is 12.4 Å². The summed E-state index contributed by atoms with van der Waals surface area (Å²) in [5.74, 6) is 0.261. The van der Waals surface area contributed by atoms with Gasteiger partial charge in [0.15, 0.2) is 5.54 Å². The highest BCUT2D eigenvalue weighted by Crippen LogP contribution is 2.48. The number of esters is 1. The van der Waals surface area contributed by atoms with Crippen LogP contribution in [0.25, 0.3) is 0 Å². The second kappa shape index (κ2) is 6.43. The minimum Gasteiger partial charge on any atom is -0.497 e. The molecule has 0 aromatic heterocycles. The summed E-state index contributed by atoms with van der Waals surface area (Å²) in [4.78, 5) is 27.7. The highest BCUT2D eigenvalue weighted by atomic mass is 79.9. The Kier molecular flexibility index (Phi) is 4.23. The van der Waals surface area contributed by atoms with E-state index in [9.17, 15) is 9.59 Å². The fraction of sp³-hybridized carbons (Fsp3) is 0.300. The third-order valence-electron chi connectivity index (χ3n) is 5.12. The SMILES string of the molecule is COc1ccc(CN2C(=O)c3ccccc3C23CC(CBr)OC3=O)cc1. The zero-order valence-corrected chi connectivity index (χ0v) is 15.9. The first kappa shape index (κ1) is 17.1. The fourth-order valence-electron chi connectivity index (χ4n) is 3.84. The Morgan fingerprint density at radius 2 is 1.92 bits per heavy atom. The third kappa shape index (κ3) is 2.43. The number of benzene rings is 2. The Bertz CT molecular complexity index is 866. The summed E-state index contributed by atoms with van der Waals surface area (Å²) in [5.41, 5.74) is 1.20. The number of nitrogens with zero attached hydrogens (tertiary/aromatic N) is 1. The molecule has 0 saturated carbocycles. The summed E-state index contributed by atoms with van der Waals surface area (Å²) >= 11 is 3.40. The van der Waals surface area contributed by atoms with Gasteiger partial charge in [0.1, 0.15) is 11.9 Å². The molecule has 0 N–H and O–H groups in total. The van der Waals surface area contributed by atoms with Gasteiger partial charge < -0.3 is 14.4 Å². The van der Waals surface area contributed by atoms with Gasteiger partial charge in [0.2, 0.25) is 0 Å². The summed E-state index contributed by atoms with van der Waals surface area (Å²) in [5, 5.41) is 0.549. The molecule has 2 aromatic rings. The predicted molar refractivity (Wildman–Crippen MR) is 99.3 cm³/mol. The summed E-state index contributed by atoms with van der Waals surface area (Å²) in [6, 6.07) is 14.8. The Balaban J connectivity index is 1.77. The number of hydrogen-bond donors (Lipinski definition) is 0. The Labute approximate surface area is 160 Å². The summed E-state index contributed by atoms with van der Waals surface area (Å²) in [6.07, 6.45) is 0.204. The topological polar surface area (TPSA) is 55.8 Å². The van der Waals surface area contributed by atoms with Crippen molar-refractivity contribution in [3.63, 3.8) is 0 Å². The summed E-state index contributed by atoms with van der Waals surface area (Å²) < 4.78 is 10.7. The average Bonchev–Trinajstić information content (AvgIpc) is 3.13. The largest absolute Gasteiger partial charge is 0.497 e. The van der Waals surface area contributed by atoms with Gasteiger partial charge in [-0.05, 0) is 23.8 Å². The lowest BCUT2D eigenvalue weighted by Crippen LogP contribution is -2.46. The molecule has 0 bridgehead atoms. The molecule has 5 nitrogen and oxygen atoms in total. The van der Waals surface area contributed by atoms with E-state index in [4.69, 9.17) is 9.47 Å². The molecular formula is C20H18BrNO4. The van der Waals surface area contributed by atoms with Crippen molar-refractivity contribution in [3.05, 3.63) is 65.2 Å². The van der Waals surface area contributed by atoms with Crippen molar-refractivity contribution < 1.29 is 19.1 Å².